The maximum atomic E-state index is 12.2. The van der Waals surface area contributed by atoms with Crippen molar-refractivity contribution >= 4 is 18.3 Å². The van der Waals surface area contributed by atoms with Crippen molar-refractivity contribution in [2.75, 3.05) is 13.1 Å². The minimum atomic E-state index is 0. The Balaban J connectivity index is 0.00000208. The number of benzene rings is 2. The maximum absolute atomic E-state index is 12.2. The second kappa shape index (κ2) is 8.71. The highest BCUT2D eigenvalue weighted by Crippen LogP contribution is 2.25. The summed E-state index contributed by atoms with van der Waals surface area (Å²) in [4.78, 5) is 12.2. The molecule has 0 aromatic heterocycles. The molecule has 1 amide bonds. The fraction of sp³-hybridized carbons (Fsp3) is 0.316. The lowest BCUT2D eigenvalue weighted by Gasteiger charge is -2.31. The minimum Gasteiger partial charge on any atom is -0.457 e. The number of ether oxygens (including phenoxy) is 1. The number of para-hydroxylation sites is 2. The average molecular weight is 347 g/mol. The largest absolute Gasteiger partial charge is 0.457 e. The standard InChI is InChI=1S/C19H22N2O2.ClH/c1-14(16-11-20-12-16)19(22)21-13-15-7-5-6-10-18(15)23-17-8-3-2-4-9-17;/h2-10,14,16,20H,11-13H2,1H3,(H,21,22);1H. The molecule has 0 radical (unpaired) electrons. The van der Waals surface area contributed by atoms with Gasteiger partial charge in [0, 0.05) is 18.0 Å². The number of rotatable bonds is 6. The number of halogens is 1. The summed E-state index contributed by atoms with van der Waals surface area (Å²) in [5, 5.41) is 6.23. The van der Waals surface area contributed by atoms with Gasteiger partial charge in [0.2, 0.25) is 5.91 Å². The Bertz CT molecular complexity index is 659. The first-order valence-corrected chi connectivity index (χ1v) is 8.03. The fourth-order valence-electron chi connectivity index (χ4n) is 2.59. The van der Waals surface area contributed by atoms with Crippen LogP contribution in [0.15, 0.2) is 54.6 Å². The Morgan fingerprint density at radius 1 is 1.17 bits per heavy atom. The number of carbonyl (C=O) groups excluding carboxylic acids is 1. The number of hydrogen-bond acceptors (Lipinski definition) is 3. The number of amides is 1. The summed E-state index contributed by atoms with van der Waals surface area (Å²) >= 11 is 0. The van der Waals surface area contributed by atoms with Crippen molar-refractivity contribution in [1.82, 2.24) is 10.6 Å². The van der Waals surface area contributed by atoms with E-state index in [0.717, 1.165) is 30.2 Å². The van der Waals surface area contributed by atoms with Crippen molar-refractivity contribution in [2.45, 2.75) is 13.5 Å². The Kier molecular flexibility index (Phi) is 6.64. The van der Waals surface area contributed by atoms with Crippen LogP contribution < -0.4 is 15.4 Å². The molecule has 3 rings (SSSR count). The Morgan fingerprint density at radius 2 is 1.83 bits per heavy atom. The topological polar surface area (TPSA) is 50.4 Å². The molecular weight excluding hydrogens is 324 g/mol. The molecule has 1 atom stereocenters. The molecule has 1 aliphatic rings. The van der Waals surface area contributed by atoms with Gasteiger partial charge in [-0.2, -0.15) is 0 Å². The van der Waals surface area contributed by atoms with E-state index in [1.807, 2.05) is 61.5 Å². The molecule has 1 heterocycles. The first-order chi connectivity index (χ1) is 11.2. The molecular formula is C19H23ClN2O2. The van der Waals surface area contributed by atoms with Crippen LogP contribution in [0.1, 0.15) is 12.5 Å². The highest BCUT2D eigenvalue weighted by Gasteiger charge is 2.28. The van der Waals surface area contributed by atoms with Crippen molar-refractivity contribution in [2.24, 2.45) is 11.8 Å². The van der Waals surface area contributed by atoms with Gasteiger partial charge in [0.25, 0.3) is 0 Å². The monoisotopic (exact) mass is 346 g/mol. The number of carbonyl (C=O) groups is 1. The summed E-state index contributed by atoms with van der Waals surface area (Å²) in [6.45, 7) is 4.34. The van der Waals surface area contributed by atoms with Crippen molar-refractivity contribution in [3.8, 4) is 11.5 Å². The van der Waals surface area contributed by atoms with Gasteiger partial charge in [-0.3, -0.25) is 4.79 Å². The fourth-order valence-corrected chi connectivity index (χ4v) is 2.59. The lowest BCUT2D eigenvalue weighted by Crippen LogP contribution is -2.49. The molecule has 0 bridgehead atoms. The third-order valence-electron chi connectivity index (χ3n) is 4.33. The molecule has 5 heteroatoms. The van der Waals surface area contributed by atoms with Gasteiger partial charge in [-0.25, -0.2) is 0 Å². The summed E-state index contributed by atoms with van der Waals surface area (Å²) in [7, 11) is 0. The van der Waals surface area contributed by atoms with Crippen LogP contribution in [-0.4, -0.2) is 19.0 Å². The Morgan fingerprint density at radius 3 is 2.50 bits per heavy atom. The van der Waals surface area contributed by atoms with Gasteiger partial charge in [0.05, 0.1) is 0 Å². The quantitative estimate of drug-likeness (QED) is 0.843. The van der Waals surface area contributed by atoms with E-state index in [2.05, 4.69) is 10.6 Å². The first-order valence-electron chi connectivity index (χ1n) is 8.03. The van der Waals surface area contributed by atoms with Gasteiger partial charge in [-0.05, 0) is 37.2 Å². The second-order valence-corrected chi connectivity index (χ2v) is 5.95. The summed E-state index contributed by atoms with van der Waals surface area (Å²) in [6.07, 6.45) is 0. The molecule has 1 fully saturated rings. The van der Waals surface area contributed by atoms with Crippen LogP contribution >= 0.6 is 12.4 Å². The summed E-state index contributed by atoms with van der Waals surface area (Å²) in [5.41, 5.74) is 0.976. The van der Waals surface area contributed by atoms with E-state index in [1.165, 1.54) is 0 Å². The van der Waals surface area contributed by atoms with Crippen LogP contribution in [0.5, 0.6) is 11.5 Å². The van der Waals surface area contributed by atoms with Gasteiger partial charge in [-0.1, -0.05) is 43.3 Å². The van der Waals surface area contributed by atoms with E-state index in [9.17, 15) is 4.79 Å². The van der Waals surface area contributed by atoms with Gasteiger partial charge in [0.15, 0.2) is 0 Å². The zero-order chi connectivity index (χ0) is 16.1. The van der Waals surface area contributed by atoms with E-state index >= 15 is 0 Å². The summed E-state index contributed by atoms with van der Waals surface area (Å²) in [6, 6.07) is 17.5. The molecule has 0 spiro atoms. The predicted octanol–water partition coefficient (Wildman–Crippen LogP) is 3.37. The highest BCUT2D eigenvalue weighted by molar-refractivity contribution is 5.85. The minimum absolute atomic E-state index is 0. The van der Waals surface area contributed by atoms with E-state index in [-0.39, 0.29) is 24.2 Å². The second-order valence-electron chi connectivity index (χ2n) is 5.95. The third-order valence-corrected chi connectivity index (χ3v) is 4.33. The summed E-state index contributed by atoms with van der Waals surface area (Å²) < 4.78 is 5.92. The molecule has 4 nitrogen and oxygen atoms in total. The van der Waals surface area contributed by atoms with Crippen LogP contribution in [0.3, 0.4) is 0 Å². The molecule has 1 aliphatic heterocycles. The van der Waals surface area contributed by atoms with Gasteiger partial charge >= 0.3 is 0 Å². The molecule has 0 aliphatic carbocycles. The van der Waals surface area contributed by atoms with Crippen molar-refractivity contribution in [3.05, 3.63) is 60.2 Å². The predicted molar refractivity (Wildman–Crippen MR) is 97.6 cm³/mol. The molecule has 2 aromatic rings. The van der Waals surface area contributed by atoms with Crippen LogP contribution in [0.2, 0.25) is 0 Å². The Hall–Kier alpha value is -2.04. The highest BCUT2D eigenvalue weighted by atomic mass is 35.5. The van der Waals surface area contributed by atoms with Crippen LogP contribution in [-0.2, 0) is 11.3 Å². The normalized spacial score (nSPS) is 14.9. The first kappa shape index (κ1) is 18.3. The van der Waals surface area contributed by atoms with Crippen LogP contribution in [0.25, 0.3) is 0 Å². The molecule has 128 valence electrons. The van der Waals surface area contributed by atoms with Crippen molar-refractivity contribution in [1.29, 1.82) is 0 Å². The van der Waals surface area contributed by atoms with Gasteiger partial charge in [0.1, 0.15) is 11.5 Å². The average Bonchev–Trinajstić information content (AvgIpc) is 2.53. The van der Waals surface area contributed by atoms with E-state index < -0.39 is 0 Å². The van der Waals surface area contributed by atoms with Crippen LogP contribution in [0.4, 0.5) is 0 Å². The number of hydrogen-bond donors (Lipinski definition) is 2. The lowest BCUT2D eigenvalue weighted by atomic mass is 9.88. The zero-order valence-electron chi connectivity index (χ0n) is 13.7. The van der Waals surface area contributed by atoms with E-state index in [4.69, 9.17) is 4.74 Å². The van der Waals surface area contributed by atoms with Gasteiger partial charge in [-0.15, -0.1) is 12.4 Å². The SMILES string of the molecule is CC(C(=O)NCc1ccccc1Oc1ccccc1)C1CNC1.Cl. The van der Waals surface area contributed by atoms with Crippen LogP contribution in [0, 0.1) is 11.8 Å². The maximum Gasteiger partial charge on any atom is 0.223 e. The third kappa shape index (κ3) is 4.49. The molecule has 1 saturated heterocycles. The van der Waals surface area contributed by atoms with Crippen molar-refractivity contribution < 1.29 is 9.53 Å². The molecule has 24 heavy (non-hydrogen) atoms. The number of nitrogens with one attached hydrogen (secondary N) is 2. The lowest BCUT2D eigenvalue weighted by molar-refractivity contribution is -0.126. The van der Waals surface area contributed by atoms with E-state index in [0.29, 0.717) is 12.5 Å². The van der Waals surface area contributed by atoms with Crippen molar-refractivity contribution in [3.63, 3.8) is 0 Å². The van der Waals surface area contributed by atoms with Gasteiger partial charge < -0.3 is 15.4 Å². The molecule has 0 saturated carbocycles. The Labute approximate surface area is 149 Å². The smallest absolute Gasteiger partial charge is 0.223 e. The summed E-state index contributed by atoms with van der Waals surface area (Å²) in [5.74, 6) is 2.16. The zero-order valence-corrected chi connectivity index (χ0v) is 14.5. The van der Waals surface area contributed by atoms with E-state index in [1.54, 1.807) is 0 Å². The molecule has 2 N–H and O–H groups in total. The molecule has 2 aromatic carbocycles. The molecule has 1 unspecified atom stereocenters.